The topological polar surface area (TPSA) is 94.3 Å². The van der Waals surface area contributed by atoms with Crippen LogP contribution >= 0.6 is 0 Å². The summed E-state index contributed by atoms with van der Waals surface area (Å²) in [5.41, 5.74) is 1.66. The van der Waals surface area contributed by atoms with E-state index < -0.39 is 10.0 Å². The normalized spacial score (nSPS) is 13.3. The molecule has 0 amide bonds. The lowest BCUT2D eigenvalue weighted by atomic mass is 9.80. The fraction of sp³-hybridized carbons (Fsp3) is 0. The van der Waals surface area contributed by atoms with Gasteiger partial charge in [0.25, 0.3) is 0 Å². The molecule has 0 heterocycles. The van der Waals surface area contributed by atoms with Gasteiger partial charge in [0, 0.05) is 33.9 Å². The molecule has 1 aliphatic carbocycles. The van der Waals surface area contributed by atoms with Crippen molar-refractivity contribution in [1.82, 2.24) is 0 Å². The van der Waals surface area contributed by atoms with Crippen molar-refractivity contribution in [3.63, 3.8) is 0 Å². The van der Waals surface area contributed by atoms with E-state index in [1.165, 1.54) is 6.07 Å². The Balaban J connectivity index is 2.05. The lowest BCUT2D eigenvalue weighted by molar-refractivity contribution is 0.0979. The highest BCUT2D eigenvalue weighted by Gasteiger charge is 2.32. The number of carbonyl (C=O) groups is 2. The van der Waals surface area contributed by atoms with E-state index in [1.807, 2.05) is 0 Å². The van der Waals surface area contributed by atoms with Crippen molar-refractivity contribution in [1.29, 1.82) is 0 Å². The van der Waals surface area contributed by atoms with Crippen molar-refractivity contribution in [3.8, 4) is 11.1 Å². The Bertz CT molecular complexity index is 1200. The molecule has 127 valence electrons. The Morgan fingerprint density at radius 3 is 1.96 bits per heavy atom. The number of nitrogens with two attached hydrogens (primary N) is 1. The molecular weight excluding hydrogens is 350 g/mol. The molecule has 0 spiro atoms. The minimum Gasteiger partial charge on any atom is -0.289 e. The van der Waals surface area contributed by atoms with Crippen LogP contribution in [-0.4, -0.2) is 20.0 Å². The van der Waals surface area contributed by atoms with Gasteiger partial charge >= 0.3 is 0 Å². The zero-order valence-corrected chi connectivity index (χ0v) is 14.2. The fourth-order valence-corrected chi connectivity index (χ4v) is 3.96. The smallest absolute Gasteiger partial charge is 0.239 e. The van der Waals surface area contributed by atoms with E-state index >= 15 is 0 Å². The molecule has 6 heteroatoms. The maximum atomic E-state index is 13.1. The van der Waals surface area contributed by atoms with Gasteiger partial charge in [-0.1, -0.05) is 60.7 Å². The molecule has 5 nitrogen and oxygen atoms in total. The third-order valence-corrected chi connectivity index (χ3v) is 5.25. The van der Waals surface area contributed by atoms with Crippen molar-refractivity contribution in [2.45, 2.75) is 4.90 Å². The summed E-state index contributed by atoms with van der Waals surface area (Å²) >= 11 is 0. The Labute approximate surface area is 150 Å². The molecule has 26 heavy (non-hydrogen) atoms. The van der Waals surface area contributed by atoms with Gasteiger partial charge in [0.05, 0.1) is 4.90 Å². The van der Waals surface area contributed by atoms with Gasteiger partial charge in [-0.05, 0) is 5.56 Å². The summed E-state index contributed by atoms with van der Waals surface area (Å²) in [5.74, 6) is -0.593. The van der Waals surface area contributed by atoms with Crippen LogP contribution in [0.2, 0.25) is 0 Å². The van der Waals surface area contributed by atoms with Crippen LogP contribution in [0.4, 0.5) is 0 Å². The average molecular weight is 362 g/mol. The van der Waals surface area contributed by atoms with Crippen molar-refractivity contribution in [3.05, 3.63) is 89.0 Å². The van der Waals surface area contributed by atoms with Crippen molar-refractivity contribution in [2.75, 3.05) is 0 Å². The monoisotopic (exact) mass is 362 g/mol. The molecule has 0 aliphatic heterocycles. The van der Waals surface area contributed by atoms with Crippen LogP contribution in [0.1, 0.15) is 31.8 Å². The highest BCUT2D eigenvalue weighted by atomic mass is 32.2. The summed E-state index contributed by atoms with van der Waals surface area (Å²) in [6.07, 6.45) is 0. The summed E-state index contributed by atoms with van der Waals surface area (Å²) in [6.45, 7) is 0. The van der Waals surface area contributed by atoms with E-state index in [1.54, 1.807) is 54.6 Å². The van der Waals surface area contributed by atoms with Crippen molar-refractivity contribution < 1.29 is 18.0 Å². The molecule has 2 N–H and O–H groups in total. The van der Waals surface area contributed by atoms with Crippen LogP contribution in [0.5, 0.6) is 0 Å². The van der Waals surface area contributed by atoms with E-state index in [4.69, 9.17) is 5.14 Å². The van der Waals surface area contributed by atoms with Gasteiger partial charge in [0.1, 0.15) is 0 Å². The number of hydrogen-bond acceptors (Lipinski definition) is 4. The first-order chi connectivity index (χ1) is 12.4. The molecule has 0 fully saturated rings. The third-order valence-electron chi connectivity index (χ3n) is 4.35. The number of benzene rings is 3. The van der Waals surface area contributed by atoms with Crippen LogP contribution in [0, 0.1) is 6.07 Å². The molecule has 0 atom stereocenters. The third kappa shape index (κ3) is 2.39. The Kier molecular flexibility index (Phi) is 3.61. The average Bonchev–Trinajstić information content (AvgIpc) is 2.65. The second-order valence-corrected chi connectivity index (χ2v) is 7.39. The largest absolute Gasteiger partial charge is 0.289 e. The second kappa shape index (κ2) is 5.72. The number of fused-ring (bicyclic) bond motifs is 2. The first-order valence-electron chi connectivity index (χ1n) is 7.75. The standard InChI is InChI=1S/C20H12NO4S/c21-26(24,25)17-11-4-3-6-12(17)13-9-5-10-16-18(13)20(23)15-8-2-1-7-14(15)19(16)22/h1-10H,(H2,21,24,25). The summed E-state index contributed by atoms with van der Waals surface area (Å²) < 4.78 is 23.9. The Morgan fingerprint density at radius 2 is 1.27 bits per heavy atom. The van der Waals surface area contributed by atoms with Crippen LogP contribution < -0.4 is 5.14 Å². The molecule has 1 aliphatic rings. The fourth-order valence-electron chi connectivity index (χ4n) is 3.24. The van der Waals surface area contributed by atoms with Crippen molar-refractivity contribution >= 4 is 21.6 Å². The zero-order valence-electron chi connectivity index (χ0n) is 13.4. The lowest BCUT2D eigenvalue weighted by Crippen LogP contribution is -2.22. The number of carbonyl (C=O) groups excluding carboxylic acids is 2. The van der Waals surface area contributed by atoms with E-state index in [2.05, 4.69) is 6.07 Å². The van der Waals surface area contributed by atoms with Crippen LogP contribution in [0.15, 0.2) is 65.6 Å². The molecule has 3 aromatic rings. The molecule has 0 bridgehead atoms. The van der Waals surface area contributed by atoms with Crippen molar-refractivity contribution in [2.24, 2.45) is 5.14 Å². The van der Waals surface area contributed by atoms with E-state index in [0.717, 1.165) is 0 Å². The number of rotatable bonds is 2. The first-order valence-corrected chi connectivity index (χ1v) is 9.29. The van der Waals surface area contributed by atoms with Crippen LogP contribution in [-0.2, 0) is 10.0 Å². The van der Waals surface area contributed by atoms with E-state index in [0.29, 0.717) is 16.7 Å². The number of ketones is 2. The maximum Gasteiger partial charge on any atom is 0.239 e. The first kappa shape index (κ1) is 16.4. The summed E-state index contributed by atoms with van der Waals surface area (Å²) in [7, 11) is -4.05. The van der Waals surface area contributed by atoms with Gasteiger partial charge < -0.3 is 0 Å². The van der Waals surface area contributed by atoms with Crippen LogP contribution in [0.25, 0.3) is 11.1 Å². The molecule has 0 aromatic heterocycles. The second-order valence-electron chi connectivity index (χ2n) is 5.89. The zero-order chi connectivity index (χ0) is 18.5. The summed E-state index contributed by atoms with van der Waals surface area (Å²) in [5, 5.41) is 5.30. The molecule has 4 rings (SSSR count). The van der Waals surface area contributed by atoms with Crippen LogP contribution in [0.3, 0.4) is 0 Å². The Morgan fingerprint density at radius 1 is 0.692 bits per heavy atom. The van der Waals surface area contributed by atoms with E-state index in [9.17, 15) is 18.0 Å². The number of sulfonamides is 1. The molecule has 0 unspecified atom stereocenters. The van der Waals surface area contributed by atoms with E-state index in [-0.39, 0.29) is 33.2 Å². The molecule has 0 saturated carbocycles. The predicted molar refractivity (Wildman–Crippen MR) is 95.4 cm³/mol. The van der Waals surface area contributed by atoms with Gasteiger partial charge in [-0.3, -0.25) is 9.59 Å². The van der Waals surface area contributed by atoms with Gasteiger partial charge in [-0.25, -0.2) is 13.6 Å². The van der Waals surface area contributed by atoms with Gasteiger partial charge in [0.2, 0.25) is 10.0 Å². The summed E-state index contributed by atoms with van der Waals surface area (Å²) in [4.78, 5) is 25.7. The minimum absolute atomic E-state index is 0.181. The quantitative estimate of drug-likeness (QED) is 0.593. The van der Waals surface area contributed by atoms with Gasteiger partial charge in [-0.2, -0.15) is 0 Å². The molecular formula is C20H12NO4S. The Hall–Kier alpha value is -3.09. The lowest BCUT2D eigenvalue weighted by Gasteiger charge is -2.21. The SMILES string of the molecule is NS(=O)(=O)c1[c]cccc1-c1cccc2c1C(=O)c1ccccc1C2=O. The predicted octanol–water partition coefficient (Wildman–Crippen LogP) is 2.58. The highest BCUT2D eigenvalue weighted by molar-refractivity contribution is 7.89. The summed E-state index contributed by atoms with van der Waals surface area (Å²) in [6, 6.07) is 18.6. The molecule has 3 aromatic carbocycles. The number of primary sulfonamides is 1. The maximum absolute atomic E-state index is 13.1. The van der Waals surface area contributed by atoms with Gasteiger partial charge in [-0.15, -0.1) is 0 Å². The van der Waals surface area contributed by atoms with Gasteiger partial charge in [0.15, 0.2) is 11.6 Å². The highest BCUT2D eigenvalue weighted by Crippen LogP contribution is 2.36. The molecule has 0 saturated heterocycles. The minimum atomic E-state index is -4.05. The molecule has 1 radical (unpaired) electrons. The number of hydrogen-bond donors (Lipinski definition) is 1.